The average Bonchev–Trinajstić information content (AvgIpc) is 2.64. The average molecular weight is 240 g/mol. The van der Waals surface area contributed by atoms with Crippen LogP contribution in [0.25, 0.3) is 0 Å². The van der Waals surface area contributed by atoms with Crippen molar-refractivity contribution in [1.29, 1.82) is 0 Å². The van der Waals surface area contributed by atoms with E-state index in [1.807, 2.05) is 7.11 Å². The molecule has 0 aromatic carbocycles. The highest BCUT2D eigenvalue weighted by Crippen LogP contribution is 2.29. The van der Waals surface area contributed by atoms with Gasteiger partial charge in [0.2, 0.25) is 0 Å². The van der Waals surface area contributed by atoms with Gasteiger partial charge in [-0.1, -0.05) is 19.3 Å². The molecular formula is C14H28N2O. The minimum Gasteiger partial charge on any atom is -0.381 e. The van der Waals surface area contributed by atoms with E-state index in [0.717, 1.165) is 18.5 Å². The van der Waals surface area contributed by atoms with Gasteiger partial charge in [-0.3, -0.25) is 4.90 Å². The minimum absolute atomic E-state index is 0.494. The molecule has 2 fully saturated rings. The SMILES string of the molecule is COC1CCN(C2CCCCCC2CN)CC1. The Bertz CT molecular complexity index is 214. The van der Waals surface area contributed by atoms with Gasteiger partial charge in [-0.25, -0.2) is 0 Å². The van der Waals surface area contributed by atoms with E-state index in [1.54, 1.807) is 0 Å². The molecule has 0 aromatic rings. The summed E-state index contributed by atoms with van der Waals surface area (Å²) in [6, 6.07) is 0.750. The van der Waals surface area contributed by atoms with Crippen LogP contribution in [-0.2, 0) is 4.74 Å². The van der Waals surface area contributed by atoms with Crippen LogP contribution in [0.15, 0.2) is 0 Å². The lowest BCUT2D eigenvalue weighted by Gasteiger charge is -2.40. The molecule has 2 atom stereocenters. The Balaban J connectivity index is 1.90. The summed E-state index contributed by atoms with van der Waals surface area (Å²) in [4.78, 5) is 2.69. The first kappa shape index (κ1) is 13.3. The number of rotatable bonds is 3. The zero-order chi connectivity index (χ0) is 12.1. The van der Waals surface area contributed by atoms with Gasteiger partial charge in [0.1, 0.15) is 0 Å². The Morgan fingerprint density at radius 3 is 2.41 bits per heavy atom. The van der Waals surface area contributed by atoms with Crippen molar-refractivity contribution >= 4 is 0 Å². The molecule has 0 spiro atoms. The number of hydrogen-bond acceptors (Lipinski definition) is 3. The van der Waals surface area contributed by atoms with Crippen LogP contribution in [0.5, 0.6) is 0 Å². The smallest absolute Gasteiger partial charge is 0.0595 e. The third-order valence-corrected chi connectivity index (χ3v) is 4.70. The van der Waals surface area contributed by atoms with Crippen molar-refractivity contribution in [3.63, 3.8) is 0 Å². The van der Waals surface area contributed by atoms with Crippen LogP contribution in [0, 0.1) is 5.92 Å². The van der Waals surface area contributed by atoms with E-state index in [0.29, 0.717) is 6.10 Å². The van der Waals surface area contributed by atoms with Gasteiger partial charge in [-0.2, -0.15) is 0 Å². The molecule has 0 bridgehead atoms. The van der Waals surface area contributed by atoms with E-state index in [1.165, 1.54) is 58.0 Å². The third kappa shape index (κ3) is 3.43. The summed E-state index contributed by atoms with van der Waals surface area (Å²) < 4.78 is 5.45. The lowest BCUT2D eigenvalue weighted by Crippen LogP contribution is -2.47. The molecular weight excluding hydrogens is 212 g/mol. The van der Waals surface area contributed by atoms with E-state index >= 15 is 0 Å². The summed E-state index contributed by atoms with van der Waals surface area (Å²) in [5, 5.41) is 0. The number of hydrogen-bond donors (Lipinski definition) is 1. The van der Waals surface area contributed by atoms with Crippen molar-refractivity contribution in [1.82, 2.24) is 4.90 Å². The molecule has 1 aliphatic carbocycles. The standard InChI is InChI=1S/C14H28N2O/c1-17-13-7-9-16(10-8-13)14-6-4-2-3-5-12(14)11-15/h12-14H,2-11,15H2,1H3. The maximum atomic E-state index is 5.97. The van der Waals surface area contributed by atoms with Crippen LogP contribution in [0.3, 0.4) is 0 Å². The van der Waals surface area contributed by atoms with Gasteiger partial charge in [-0.05, 0) is 38.1 Å². The van der Waals surface area contributed by atoms with Crippen LogP contribution >= 0.6 is 0 Å². The molecule has 0 amide bonds. The summed E-state index contributed by atoms with van der Waals surface area (Å²) in [6.07, 6.45) is 9.77. The second kappa shape index (κ2) is 6.72. The molecule has 1 saturated heterocycles. The van der Waals surface area contributed by atoms with Crippen molar-refractivity contribution in [2.45, 2.75) is 57.1 Å². The number of piperidine rings is 1. The summed E-state index contributed by atoms with van der Waals surface area (Å²) in [7, 11) is 1.84. The van der Waals surface area contributed by atoms with E-state index in [4.69, 9.17) is 10.5 Å². The Hall–Kier alpha value is -0.120. The highest BCUT2D eigenvalue weighted by Gasteiger charge is 2.30. The number of methoxy groups -OCH3 is 1. The number of ether oxygens (including phenoxy) is 1. The Kier molecular flexibility index (Phi) is 5.26. The molecule has 0 aromatic heterocycles. The molecule has 0 radical (unpaired) electrons. The van der Waals surface area contributed by atoms with Crippen molar-refractivity contribution in [3.05, 3.63) is 0 Å². The van der Waals surface area contributed by atoms with Crippen molar-refractivity contribution in [2.24, 2.45) is 11.7 Å². The van der Waals surface area contributed by atoms with Crippen LogP contribution in [0.1, 0.15) is 44.9 Å². The predicted molar refractivity (Wildman–Crippen MR) is 71.0 cm³/mol. The summed E-state index contributed by atoms with van der Waals surface area (Å²) in [6.45, 7) is 3.29. The summed E-state index contributed by atoms with van der Waals surface area (Å²) in [5.74, 6) is 0.733. The van der Waals surface area contributed by atoms with Crippen molar-refractivity contribution in [3.8, 4) is 0 Å². The molecule has 1 heterocycles. The molecule has 3 heteroatoms. The first-order chi connectivity index (χ1) is 8.35. The van der Waals surface area contributed by atoms with E-state index in [-0.39, 0.29) is 0 Å². The van der Waals surface area contributed by atoms with Crippen LogP contribution in [-0.4, -0.2) is 43.8 Å². The lowest BCUT2D eigenvalue weighted by molar-refractivity contribution is 0.0156. The highest BCUT2D eigenvalue weighted by molar-refractivity contribution is 4.85. The number of likely N-dealkylation sites (tertiary alicyclic amines) is 1. The zero-order valence-corrected chi connectivity index (χ0v) is 11.2. The van der Waals surface area contributed by atoms with Gasteiger partial charge in [-0.15, -0.1) is 0 Å². The first-order valence-corrected chi connectivity index (χ1v) is 7.32. The normalized spacial score (nSPS) is 33.5. The van der Waals surface area contributed by atoms with Crippen LogP contribution < -0.4 is 5.73 Å². The van der Waals surface area contributed by atoms with Gasteiger partial charge in [0.15, 0.2) is 0 Å². The molecule has 3 nitrogen and oxygen atoms in total. The highest BCUT2D eigenvalue weighted by atomic mass is 16.5. The summed E-state index contributed by atoms with van der Waals surface area (Å²) in [5.41, 5.74) is 5.97. The second-order valence-electron chi connectivity index (χ2n) is 5.67. The summed E-state index contributed by atoms with van der Waals surface area (Å²) >= 11 is 0. The largest absolute Gasteiger partial charge is 0.381 e. The third-order valence-electron chi connectivity index (χ3n) is 4.70. The molecule has 2 N–H and O–H groups in total. The molecule has 1 saturated carbocycles. The lowest BCUT2D eigenvalue weighted by atomic mass is 9.91. The molecule has 2 aliphatic rings. The molecule has 2 rings (SSSR count). The van der Waals surface area contributed by atoms with E-state index < -0.39 is 0 Å². The maximum absolute atomic E-state index is 5.97. The van der Waals surface area contributed by atoms with Gasteiger partial charge in [0, 0.05) is 26.2 Å². The molecule has 100 valence electrons. The molecule has 2 unspecified atom stereocenters. The fourth-order valence-electron chi connectivity index (χ4n) is 3.56. The van der Waals surface area contributed by atoms with E-state index in [2.05, 4.69) is 4.90 Å². The van der Waals surface area contributed by atoms with Crippen LogP contribution in [0.2, 0.25) is 0 Å². The van der Waals surface area contributed by atoms with Crippen molar-refractivity contribution < 1.29 is 4.74 Å². The van der Waals surface area contributed by atoms with Crippen molar-refractivity contribution in [2.75, 3.05) is 26.7 Å². The minimum atomic E-state index is 0.494. The van der Waals surface area contributed by atoms with E-state index in [9.17, 15) is 0 Å². The fraction of sp³-hybridized carbons (Fsp3) is 1.00. The number of nitrogens with two attached hydrogens (primary N) is 1. The van der Waals surface area contributed by atoms with Gasteiger partial charge in [0.05, 0.1) is 6.10 Å². The topological polar surface area (TPSA) is 38.5 Å². The fourth-order valence-corrected chi connectivity index (χ4v) is 3.56. The Labute approximate surface area is 106 Å². The quantitative estimate of drug-likeness (QED) is 0.767. The molecule has 17 heavy (non-hydrogen) atoms. The maximum Gasteiger partial charge on any atom is 0.0595 e. The first-order valence-electron chi connectivity index (χ1n) is 7.32. The number of nitrogens with zero attached hydrogens (tertiary/aromatic N) is 1. The zero-order valence-electron chi connectivity index (χ0n) is 11.2. The van der Waals surface area contributed by atoms with Gasteiger partial charge in [0.25, 0.3) is 0 Å². The second-order valence-corrected chi connectivity index (χ2v) is 5.67. The Morgan fingerprint density at radius 2 is 1.76 bits per heavy atom. The van der Waals surface area contributed by atoms with Crippen LogP contribution in [0.4, 0.5) is 0 Å². The predicted octanol–water partition coefficient (Wildman–Crippen LogP) is 2.00. The monoisotopic (exact) mass is 240 g/mol. The van der Waals surface area contributed by atoms with Gasteiger partial charge < -0.3 is 10.5 Å². The Morgan fingerprint density at radius 1 is 1.06 bits per heavy atom. The molecule has 1 aliphatic heterocycles. The van der Waals surface area contributed by atoms with Gasteiger partial charge >= 0.3 is 0 Å².